The fourth-order valence-electron chi connectivity index (χ4n) is 2.72. The molecule has 0 bridgehead atoms. The second-order valence-electron chi connectivity index (χ2n) is 5.63. The number of nitro groups is 1. The van der Waals surface area contributed by atoms with Gasteiger partial charge in [0.2, 0.25) is 10.0 Å². The van der Waals surface area contributed by atoms with Crippen molar-refractivity contribution < 1.29 is 28.0 Å². The molecular formula is C14H18N2O7S. The van der Waals surface area contributed by atoms with Crippen LogP contribution in [0.3, 0.4) is 0 Å². The Balaban J connectivity index is 2.42. The minimum Gasteiger partial charge on any atom is -0.490 e. The number of ether oxygens (including phenoxy) is 1. The fourth-order valence-corrected chi connectivity index (χ4v) is 4.44. The number of hydrogen-bond donors (Lipinski definition) is 1. The van der Waals surface area contributed by atoms with Gasteiger partial charge in [0.1, 0.15) is 0 Å². The van der Waals surface area contributed by atoms with Gasteiger partial charge in [0.15, 0.2) is 5.75 Å². The highest BCUT2D eigenvalue weighted by Gasteiger charge is 2.38. The van der Waals surface area contributed by atoms with Crippen molar-refractivity contribution in [3.63, 3.8) is 0 Å². The number of aliphatic carboxylic acids is 1. The van der Waals surface area contributed by atoms with Crippen LogP contribution in [0.15, 0.2) is 23.1 Å². The largest absolute Gasteiger partial charge is 0.490 e. The predicted molar refractivity (Wildman–Crippen MR) is 83.4 cm³/mol. The van der Waals surface area contributed by atoms with Crippen molar-refractivity contribution >= 4 is 21.7 Å². The number of carboxylic acid groups (broad SMARTS) is 1. The van der Waals surface area contributed by atoms with Crippen molar-refractivity contribution in [3.8, 4) is 5.75 Å². The van der Waals surface area contributed by atoms with Crippen LogP contribution in [0.25, 0.3) is 0 Å². The monoisotopic (exact) mass is 358 g/mol. The molecule has 2 rings (SSSR count). The third-order valence-electron chi connectivity index (χ3n) is 4.13. The zero-order chi connectivity index (χ0) is 18.1. The molecule has 1 heterocycles. The van der Waals surface area contributed by atoms with Crippen LogP contribution in [0.5, 0.6) is 5.75 Å². The van der Waals surface area contributed by atoms with Crippen molar-refractivity contribution in [3.05, 3.63) is 28.3 Å². The van der Waals surface area contributed by atoms with E-state index >= 15 is 0 Å². The van der Waals surface area contributed by atoms with E-state index in [2.05, 4.69) is 0 Å². The highest BCUT2D eigenvalue weighted by Crippen LogP contribution is 2.33. The fraction of sp³-hybridized carbons (Fsp3) is 0.500. The summed E-state index contributed by atoms with van der Waals surface area (Å²) in [6.45, 7) is 1.58. The molecule has 132 valence electrons. The van der Waals surface area contributed by atoms with Gasteiger partial charge in [0.05, 0.1) is 22.8 Å². The normalized spacial score (nSPS) is 22.1. The van der Waals surface area contributed by atoms with E-state index in [-0.39, 0.29) is 28.9 Å². The first kappa shape index (κ1) is 18.1. The molecule has 9 nitrogen and oxygen atoms in total. The van der Waals surface area contributed by atoms with E-state index in [1.165, 1.54) is 7.11 Å². The highest BCUT2D eigenvalue weighted by atomic mass is 32.2. The summed E-state index contributed by atoms with van der Waals surface area (Å²) < 4.78 is 31.7. The average molecular weight is 358 g/mol. The van der Waals surface area contributed by atoms with Gasteiger partial charge in [-0.25, -0.2) is 8.42 Å². The Labute approximate surface area is 139 Å². The first-order valence-corrected chi connectivity index (χ1v) is 8.69. The van der Waals surface area contributed by atoms with Gasteiger partial charge in [-0.15, -0.1) is 0 Å². The number of sulfonamides is 1. The Morgan fingerprint density at radius 3 is 2.62 bits per heavy atom. The van der Waals surface area contributed by atoms with Crippen LogP contribution < -0.4 is 4.74 Å². The topological polar surface area (TPSA) is 127 Å². The zero-order valence-electron chi connectivity index (χ0n) is 13.2. The maximum absolute atomic E-state index is 12.8. The maximum Gasteiger partial charge on any atom is 0.310 e. The lowest BCUT2D eigenvalue weighted by Gasteiger charge is -2.35. The van der Waals surface area contributed by atoms with Gasteiger partial charge in [0.25, 0.3) is 0 Å². The second kappa shape index (κ2) is 6.73. The number of rotatable bonds is 5. The molecule has 0 aliphatic carbocycles. The summed E-state index contributed by atoms with van der Waals surface area (Å²) in [6, 6.07) is 2.93. The SMILES string of the molecule is COc1cc(S(=O)(=O)N2CC(C(=O)O)CCC2C)ccc1[N+](=O)[O-]. The molecule has 1 aromatic carbocycles. The molecule has 0 aromatic heterocycles. The van der Waals surface area contributed by atoms with E-state index in [0.29, 0.717) is 12.8 Å². The van der Waals surface area contributed by atoms with Crippen LogP contribution in [0.2, 0.25) is 0 Å². The predicted octanol–water partition coefficient (Wildman–Crippen LogP) is 1.48. The van der Waals surface area contributed by atoms with Gasteiger partial charge < -0.3 is 9.84 Å². The van der Waals surface area contributed by atoms with Crippen LogP contribution in [0, 0.1) is 16.0 Å². The first-order chi connectivity index (χ1) is 11.2. The van der Waals surface area contributed by atoms with Crippen LogP contribution in [0.1, 0.15) is 19.8 Å². The molecule has 1 aliphatic rings. The lowest BCUT2D eigenvalue weighted by Crippen LogP contribution is -2.47. The summed E-state index contributed by atoms with van der Waals surface area (Å²) in [5, 5.41) is 20.1. The van der Waals surface area contributed by atoms with Gasteiger partial charge in [-0.2, -0.15) is 4.31 Å². The number of piperidine rings is 1. The minimum absolute atomic E-state index is 0.127. The van der Waals surface area contributed by atoms with Crippen LogP contribution in [-0.2, 0) is 14.8 Å². The molecule has 0 amide bonds. The van der Waals surface area contributed by atoms with Gasteiger partial charge >= 0.3 is 11.7 Å². The van der Waals surface area contributed by atoms with Crippen molar-refractivity contribution in [2.75, 3.05) is 13.7 Å². The number of methoxy groups -OCH3 is 1. The highest BCUT2D eigenvalue weighted by molar-refractivity contribution is 7.89. The number of nitro benzene ring substituents is 1. The molecule has 1 saturated heterocycles. The number of nitrogens with zero attached hydrogens (tertiary/aromatic N) is 2. The Morgan fingerprint density at radius 2 is 2.08 bits per heavy atom. The standard InChI is InChI=1S/C14H18N2O7S/c1-9-3-4-10(14(17)18)8-15(9)24(21,22)11-5-6-12(16(19)20)13(7-11)23-2/h5-7,9-10H,3-4,8H2,1-2H3,(H,17,18). The molecule has 0 spiro atoms. The van der Waals surface area contributed by atoms with Gasteiger partial charge in [-0.3, -0.25) is 14.9 Å². The van der Waals surface area contributed by atoms with Gasteiger partial charge in [-0.1, -0.05) is 0 Å². The third kappa shape index (κ3) is 3.34. The average Bonchev–Trinajstić information content (AvgIpc) is 2.53. The summed E-state index contributed by atoms with van der Waals surface area (Å²) in [6.07, 6.45) is 0.840. The van der Waals surface area contributed by atoms with E-state index in [1.807, 2.05) is 0 Å². The van der Waals surface area contributed by atoms with Gasteiger partial charge in [0, 0.05) is 24.7 Å². The molecule has 1 N–H and O–H groups in total. The quantitative estimate of drug-likeness (QED) is 0.623. The van der Waals surface area contributed by atoms with E-state index in [9.17, 15) is 23.3 Å². The Bertz CT molecular complexity index is 762. The van der Waals surface area contributed by atoms with Crippen LogP contribution in [-0.4, -0.2) is 48.4 Å². The minimum atomic E-state index is -3.99. The van der Waals surface area contributed by atoms with E-state index < -0.39 is 26.8 Å². The summed E-state index contributed by atoms with van der Waals surface area (Å²) >= 11 is 0. The van der Waals surface area contributed by atoms with Crippen molar-refractivity contribution in [1.29, 1.82) is 0 Å². The number of benzene rings is 1. The van der Waals surface area contributed by atoms with E-state index in [4.69, 9.17) is 9.84 Å². The molecule has 10 heteroatoms. The number of carboxylic acids is 1. The second-order valence-corrected chi connectivity index (χ2v) is 7.52. The number of hydrogen-bond acceptors (Lipinski definition) is 6. The molecule has 0 radical (unpaired) electrons. The molecular weight excluding hydrogens is 340 g/mol. The zero-order valence-corrected chi connectivity index (χ0v) is 14.0. The van der Waals surface area contributed by atoms with Crippen LogP contribution >= 0.6 is 0 Å². The first-order valence-electron chi connectivity index (χ1n) is 7.25. The molecule has 1 aromatic rings. The van der Waals surface area contributed by atoms with E-state index in [1.54, 1.807) is 6.92 Å². The molecule has 1 fully saturated rings. The maximum atomic E-state index is 12.8. The van der Waals surface area contributed by atoms with Gasteiger partial charge in [-0.05, 0) is 25.8 Å². The number of carbonyl (C=O) groups is 1. The molecule has 0 saturated carbocycles. The van der Waals surface area contributed by atoms with Crippen molar-refractivity contribution in [2.45, 2.75) is 30.7 Å². The summed E-state index contributed by atoms with van der Waals surface area (Å²) in [7, 11) is -2.77. The summed E-state index contributed by atoms with van der Waals surface area (Å²) in [4.78, 5) is 21.3. The Kier molecular flexibility index (Phi) is 5.09. The summed E-state index contributed by atoms with van der Waals surface area (Å²) in [5.74, 6) is -1.97. The van der Waals surface area contributed by atoms with Crippen LogP contribution in [0.4, 0.5) is 5.69 Å². The Hall–Kier alpha value is -2.20. The Morgan fingerprint density at radius 1 is 1.42 bits per heavy atom. The third-order valence-corrected chi connectivity index (χ3v) is 6.10. The lowest BCUT2D eigenvalue weighted by molar-refractivity contribution is -0.385. The lowest BCUT2D eigenvalue weighted by atomic mass is 9.96. The van der Waals surface area contributed by atoms with Crippen molar-refractivity contribution in [2.24, 2.45) is 5.92 Å². The smallest absolute Gasteiger partial charge is 0.310 e. The molecule has 1 aliphatic heterocycles. The molecule has 24 heavy (non-hydrogen) atoms. The van der Waals surface area contributed by atoms with Crippen molar-refractivity contribution in [1.82, 2.24) is 4.31 Å². The summed E-state index contributed by atoms with van der Waals surface area (Å²) in [5.41, 5.74) is -0.341. The molecule has 2 atom stereocenters. The van der Waals surface area contributed by atoms with E-state index in [0.717, 1.165) is 22.5 Å². The molecule has 2 unspecified atom stereocenters.